The number of carbonyl (C=O) groups is 4. The number of carboxylic acid groups (broad SMARTS) is 1. The van der Waals surface area contributed by atoms with E-state index in [1.807, 2.05) is 61.6 Å². The lowest BCUT2D eigenvalue weighted by Crippen LogP contribution is -2.42. The fraction of sp³-hybridized carbons (Fsp3) is 0.333. The number of amides is 3. The van der Waals surface area contributed by atoms with Crippen molar-refractivity contribution in [3.8, 4) is 11.3 Å². The summed E-state index contributed by atoms with van der Waals surface area (Å²) in [4.78, 5) is 52.7. The zero-order chi connectivity index (χ0) is 36.2. The van der Waals surface area contributed by atoms with Gasteiger partial charge in [0, 0.05) is 66.4 Å². The second-order valence-corrected chi connectivity index (χ2v) is 12.1. The van der Waals surface area contributed by atoms with E-state index in [1.165, 1.54) is 0 Å². The molecule has 0 aliphatic heterocycles. The zero-order valence-corrected chi connectivity index (χ0v) is 28.2. The predicted molar refractivity (Wildman–Crippen MR) is 195 cm³/mol. The number of pyridine rings is 1. The summed E-state index contributed by atoms with van der Waals surface area (Å²) in [6, 6.07) is 18.1. The molecular formula is C36H46N9O5+. The van der Waals surface area contributed by atoms with E-state index in [9.17, 15) is 24.3 Å². The smallest absolute Gasteiger partial charge is 0.326 e. The quantitative estimate of drug-likeness (QED) is 0.0202. The lowest BCUT2D eigenvalue weighted by molar-refractivity contribution is -0.632. The molecule has 0 aliphatic carbocycles. The second kappa shape index (κ2) is 17.5. The van der Waals surface area contributed by atoms with Crippen LogP contribution in [0, 0.1) is 0 Å². The summed E-state index contributed by atoms with van der Waals surface area (Å²) in [5, 5.41) is 20.5. The lowest BCUT2D eigenvalue weighted by atomic mass is 9.97. The van der Waals surface area contributed by atoms with E-state index in [1.54, 1.807) is 6.07 Å². The molecule has 3 aromatic carbocycles. The minimum Gasteiger partial charge on any atom is -0.480 e. The standard InChI is InChI=1S/C36H45N9O5/c1-45-30-21-25(38)12-14-27(30)26-13-11-24(37)20-28(26)33(45)22-7-5-8-23(19-22)34(48)42-16-4-2-3-10-31(46)41-18-15-32(47)44-29(35(49)50)9-6-17-43-36(39)40/h5,7-8,11-14,19-21,29,38H,2-4,6,9-10,15-18,37H2,1H3,(H8,39,40,41,42,43,44,46,47,48,49,50)/p+1/t29-/m0/s1. The Morgan fingerprint density at radius 3 is 2.28 bits per heavy atom. The molecule has 0 bridgehead atoms. The van der Waals surface area contributed by atoms with Crippen molar-refractivity contribution in [3.63, 3.8) is 0 Å². The highest BCUT2D eigenvalue weighted by Gasteiger charge is 2.22. The van der Waals surface area contributed by atoms with Gasteiger partial charge in [-0.25, -0.2) is 4.79 Å². The van der Waals surface area contributed by atoms with Gasteiger partial charge in [-0.1, -0.05) is 18.6 Å². The van der Waals surface area contributed by atoms with Gasteiger partial charge in [-0.15, -0.1) is 0 Å². The molecule has 0 saturated carbocycles. The number of hydrogen-bond acceptors (Lipinski definition) is 7. The molecule has 50 heavy (non-hydrogen) atoms. The molecule has 4 rings (SSSR count). The van der Waals surface area contributed by atoms with Gasteiger partial charge in [0.1, 0.15) is 13.1 Å². The maximum atomic E-state index is 13.1. The van der Waals surface area contributed by atoms with Gasteiger partial charge in [0.05, 0.1) is 10.8 Å². The normalized spacial score (nSPS) is 11.5. The van der Waals surface area contributed by atoms with Gasteiger partial charge in [0.25, 0.3) is 5.91 Å². The van der Waals surface area contributed by atoms with Gasteiger partial charge in [0.2, 0.25) is 23.0 Å². The van der Waals surface area contributed by atoms with E-state index in [0.717, 1.165) is 39.4 Å². The molecule has 3 amide bonds. The number of aliphatic carboxylic acids is 1. The maximum absolute atomic E-state index is 13.1. The summed E-state index contributed by atoms with van der Waals surface area (Å²) in [6.07, 6.45) is 2.80. The average Bonchev–Trinajstić information content (AvgIpc) is 3.07. The first-order valence-electron chi connectivity index (χ1n) is 16.6. The highest BCUT2D eigenvalue weighted by atomic mass is 16.4. The third kappa shape index (κ3) is 10.0. The highest BCUT2D eigenvalue weighted by molar-refractivity contribution is 6.10. The molecule has 1 aromatic heterocycles. The molecule has 1 atom stereocenters. The van der Waals surface area contributed by atoms with Crippen LogP contribution in [0.15, 0.2) is 65.7 Å². The Morgan fingerprint density at radius 2 is 1.54 bits per heavy atom. The van der Waals surface area contributed by atoms with Gasteiger partial charge in [-0.3, -0.25) is 19.4 Å². The van der Waals surface area contributed by atoms with Crippen LogP contribution in [0.2, 0.25) is 0 Å². The summed E-state index contributed by atoms with van der Waals surface area (Å²) in [7, 11) is 1.97. The Kier molecular flexibility index (Phi) is 12.9. The fourth-order valence-corrected chi connectivity index (χ4v) is 5.83. The van der Waals surface area contributed by atoms with Gasteiger partial charge in [-0.05, 0) is 68.1 Å². The van der Waals surface area contributed by atoms with E-state index in [4.69, 9.17) is 22.9 Å². The van der Waals surface area contributed by atoms with Crippen LogP contribution in [0.5, 0.6) is 0 Å². The monoisotopic (exact) mass is 684 g/mol. The van der Waals surface area contributed by atoms with Crippen LogP contribution in [-0.2, 0) is 21.4 Å². The van der Waals surface area contributed by atoms with E-state index in [-0.39, 0.29) is 50.1 Å². The van der Waals surface area contributed by atoms with E-state index >= 15 is 0 Å². The Hall–Kier alpha value is -5.92. The number of carbonyl (C=O) groups excluding carboxylic acids is 3. The van der Waals surface area contributed by atoms with Crippen LogP contribution in [0.3, 0.4) is 0 Å². The minimum absolute atomic E-state index is 0.0469. The Labute approximate surface area is 290 Å². The third-order valence-electron chi connectivity index (χ3n) is 8.32. The number of anilines is 2. The molecule has 0 unspecified atom stereocenters. The van der Waals surface area contributed by atoms with E-state index in [0.29, 0.717) is 42.7 Å². The number of nitrogens with zero attached hydrogens (tertiary/aromatic N) is 2. The first-order valence-corrected chi connectivity index (χ1v) is 16.6. The topological polar surface area (TPSA) is 245 Å². The summed E-state index contributed by atoms with van der Waals surface area (Å²) in [6.45, 7) is 0.799. The molecule has 4 aromatic rings. The minimum atomic E-state index is -1.15. The Morgan fingerprint density at radius 1 is 0.800 bits per heavy atom. The largest absolute Gasteiger partial charge is 0.480 e. The Balaban J connectivity index is 1.22. The number of fused-ring (bicyclic) bond motifs is 3. The van der Waals surface area contributed by atoms with Crippen LogP contribution in [0.25, 0.3) is 32.9 Å². The molecule has 0 radical (unpaired) electrons. The number of aliphatic imine (C=N–C) groups is 1. The number of nitrogens with two attached hydrogens (primary N) is 4. The summed E-state index contributed by atoms with van der Waals surface area (Å²) in [5.41, 5.74) is 27.4. The first-order chi connectivity index (χ1) is 23.9. The lowest BCUT2D eigenvalue weighted by Gasteiger charge is -2.14. The molecule has 264 valence electrons. The molecule has 0 aliphatic rings. The number of nitrogens with one attached hydrogen (secondary N) is 3. The second-order valence-electron chi connectivity index (χ2n) is 12.1. The third-order valence-corrected chi connectivity index (χ3v) is 8.32. The van der Waals surface area contributed by atoms with Crippen molar-refractivity contribution in [2.45, 2.75) is 51.0 Å². The van der Waals surface area contributed by atoms with Crippen molar-refractivity contribution in [2.75, 3.05) is 31.1 Å². The fourth-order valence-electron chi connectivity index (χ4n) is 5.83. The number of carboxylic acids is 1. The average molecular weight is 685 g/mol. The number of unbranched alkanes of at least 4 members (excludes halogenated alkanes) is 2. The van der Waals surface area contributed by atoms with Crippen molar-refractivity contribution in [1.29, 1.82) is 0 Å². The molecule has 0 spiro atoms. The predicted octanol–water partition coefficient (Wildman–Crippen LogP) is 2.07. The molecule has 1 heterocycles. The summed E-state index contributed by atoms with van der Waals surface area (Å²) in [5.74, 6) is -2.11. The number of benzene rings is 3. The number of hydrogen-bond donors (Lipinski definition) is 8. The number of aryl methyl sites for hydroxylation is 1. The van der Waals surface area contributed by atoms with Crippen molar-refractivity contribution in [1.82, 2.24) is 16.0 Å². The van der Waals surface area contributed by atoms with Crippen LogP contribution >= 0.6 is 0 Å². The molecular weight excluding hydrogens is 638 g/mol. The number of aromatic nitrogens is 1. The SMILES string of the molecule is C[n+]1c(-c2cccc(C(=O)NCCCCCC(=O)NCCC(=O)N[C@@H](CCCN=C(N)N)C(=O)O)c2)c2cc(N)ccc2c2ccc(N)cc21. The van der Waals surface area contributed by atoms with Gasteiger partial charge in [0.15, 0.2) is 5.96 Å². The van der Waals surface area contributed by atoms with Crippen LogP contribution in [-0.4, -0.2) is 60.4 Å². The van der Waals surface area contributed by atoms with Crippen LogP contribution < -0.4 is 43.5 Å². The zero-order valence-electron chi connectivity index (χ0n) is 28.2. The molecule has 12 N–H and O–H groups in total. The van der Waals surface area contributed by atoms with Gasteiger partial charge < -0.3 is 44.0 Å². The highest BCUT2D eigenvalue weighted by Crippen LogP contribution is 2.33. The van der Waals surface area contributed by atoms with Crippen LogP contribution in [0.4, 0.5) is 11.4 Å². The van der Waals surface area contributed by atoms with Gasteiger partial charge in [-0.2, -0.15) is 4.57 Å². The van der Waals surface area contributed by atoms with Crippen molar-refractivity contribution < 1.29 is 28.9 Å². The van der Waals surface area contributed by atoms with Gasteiger partial charge >= 0.3 is 5.97 Å². The number of nitrogen functional groups attached to an aromatic ring is 2. The molecule has 0 fully saturated rings. The van der Waals surface area contributed by atoms with Crippen molar-refractivity contribution in [2.24, 2.45) is 23.5 Å². The number of rotatable bonds is 17. The van der Waals surface area contributed by atoms with Crippen molar-refractivity contribution in [3.05, 3.63) is 66.2 Å². The summed E-state index contributed by atoms with van der Waals surface area (Å²) >= 11 is 0. The Bertz CT molecular complexity index is 1910. The number of guanidine groups is 1. The molecule has 14 heteroatoms. The maximum Gasteiger partial charge on any atom is 0.326 e. The summed E-state index contributed by atoms with van der Waals surface area (Å²) < 4.78 is 2.07. The molecule has 14 nitrogen and oxygen atoms in total. The first kappa shape index (κ1) is 36.9. The van der Waals surface area contributed by atoms with Crippen LogP contribution in [0.1, 0.15) is 55.3 Å². The van der Waals surface area contributed by atoms with E-state index in [2.05, 4.69) is 25.5 Å². The van der Waals surface area contributed by atoms with E-state index < -0.39 is 17.9 Å². The van der Waals surface area contributed by atoms with Crippen molar-refractivity contribution >= 4 is 62.7 Å². The molecule has 0 saturated heterocycles.